The number of hydrogen-bond acceptors (Lipinski definition) is 4. The molecule has 2 rings (SSSR count). The first kappa shape index (κ1) is 10.1. The van der Waals surface area contributed by atoms with Crippen LogP contribution in [0.3, 0.4) is 0 Å². The van der Waals surface area contributed by atoms with Gasteiger partial charge in [-0.05, 0) is 12.5 Å². The molecule has 1 amide bonds. The second-order valence-electron chi connectivity index (χ2n) is 3.65. The molecule has 2 heterocycles. The molecule has 0 spiro atoms. The quantitative estimate of drug-likeness (QED) is 0.502. The minimum Gasteiger partial charge on any atom is -0.392 e. The average Bonchev–Trinajstić information content (AvgIpc) is 2.84. The van der Waals surface area contributed by atoms with Crippen LogP contribution in [0.2, 0.25) is 0 Å². The van der Waals surface area contributed by atoms with Crippen LogP contribution in [0.15, 0.2) is 12.3 Å². The maximum atomic E-state index is 11.6. The summed E-state index contributed by atoms with van der Waals surface area (Å²) in [5.41, 5.74) is 0.863. The molecular formula is C9H14N4O2. The molecule has 1 aromatic rings. The molecule has 82 valence electrons. The van der Waals surface area contributed by atoms with Crippen molar-refractivity contribution in [3.63, 3.8) is 0 Å². The molecule has 6 nitrogen and oxygen atoms in total. The SMILES string of the molecule is O=C(NCc1ccn[nH]1)C1CC(O)CN1. The van der Waals surface area contributed by atoms with Gasteiger partial charge in [-0.25, -0.2) is 0 Å². The monoisotopic (exact) mass is 210 g/mol. The fourth-order valence-corrected chi connectivity index (χ4v) is 1.61. The van der Waals surface area contributed by atoms with Crippen molar-refractivity contribution in [1.82, 2.24) is 20.8 Å². The summed E-state index contributed by atoms with van der Waals surface area (Å²) in [6.07, 6.45) is 1.71. The zero-order valence-corrected chi connectivity index (χ0v) is 8.23. The highest BCUT2D eigenvalue weighted by Gasteiger charge is 2.27. The van der Waals surface area contributed by atoms with Crippen molar-refractivity contribution in [3.8, 4) is 0 Å². The molecule has 0 bridgehead atoms. The van der Waals surface area contributed by atoms with Gasteiger partial charge in [0.25, 0.3) is 0 Å². The number of aromatic amines is 1. The summed E-state index contributed by atoms with van der Waals surface area (Å²) >= 11 is 0. The summed E-state index contributed by atoms with van der Waals surface area (Å²) in [6.45, 7) is 0.926. The molecule has 0 aliphatic carbocycles. The normalized spacial score (nSPS) is 25.4. The topological polar surface area (TPSA) is 90.0 Å². The van der Waals surface area contributed by atoms with Crippen LogP contribution in [0.1, 0.15) is 12.1 Å². The van der Waals surface area contributed by atoms with Gasteiger partial charge in [-0.2, -0.15) is 5.10 Å². The summed E-state index contributed by atoms with van der Waals surface area (Å²) in [6, 6.07) is 1.53. The molecule has 0 saturated carbocycles. The van der Waals surface area contributed by atoms with E-state index >= 15 is 0 Å². The van der Waals surface area contributed by atoms with E-state index in [2.05, 4.69) is 20.8 Å². The number of nitrogens with one attached hydrogen (secondary N) is 3. The maximum Gasteiger partial charge on any atom is 0.237 e. The Labute approximate surface area is 87.1 Å². The molecule has 1 aliphatic heterocycles. The minimum absolute atomic E-state index is 0.0823. The Morgan fingerprint density at radius 1 is 1.73 bits per heavy atom. The van der Waals surface area contributed by atoms with E-state index in [-0.39, 0.29) is 11.9 Å². The molecule has 0 aromatic carbocycles. The second-order valence-corrected chi connectivity index (χ2v) is 3.65. The van der Waals surface area contributed by atoms with E-state index in [1.54, 1.807) is 12.3 Å². The molecule has 2 unspecified atom stereocenters. The molecule has 1 saturated heterocycles. The molecule has 6 heteroatoms. The number of amides is 1. The lowest BCUT2D eigenvalue weighted by atomic mass is 10.2. The lowest BCUT2D eigenvalue weighted by Crippen LogP contribution is -2.40. The third-order valence-corrected chi connectivity index (χ3v) is 2.44. The van der Waals surface area contributed by atoms with E-state index < -0.39 is 6.10 Å². The number of β-amino-alcohol motifs (C(OH)–C–C–N with tert-alkyl or cyclic N) is 1. The summed E-state index contributed by atoms with van der Waals surface area (Å²) in [5.74, 6) is -0.0823. The van der Waals surface area contributed by atoms with Crippen molar-refractivity contribution in [2.24, 2.45) is 0 Å². The van der Waals surface area contributed by atoms with Crippen LogP contribution in [0, 0.1) is 0 Å². The van der Waals surface area contributed by atoms with Gasteiger partial charge in [0, 0.05) is 12.7 Å². The molecule has 15 heavy (non-hydrogen) atoms. The smallest absolute Gasteiger partial charge is 0.237 e. The second kappa shape index (κ2) is 4.41. The predicted molar refractivity (Wildman–Crippen MR) is 52.8 cm³/mol. The van der Waals surface area contributed by atoms with E-state index in [0.717, 1.165) is 5.69 Å². The van der Waals surface area contributed by atoms with Crippen LogP contribution in [-0.2, 0) is 11.3 Å². The molecule has 1 aliphatic rings. The van der Waals surface area contributed by atoms with Gasteiger partial charge in [-0.3, -0.25) is 9.89 Å². The van der Waals surface area contributed by atoms with Crippen molar-refractivity contribution < 1.29 is 9.90 Å². The van der Waals surface area contributed by atoms with Gasteiger partial charge in [0.1, 0.15) is 0 Å². The van der Waals surface area contributed by atoms with Crippen molar-refractivity contribution in [2.75, 3.05) is 6.54 Å². The van der Waals surface area contributed by atoms with Crippen LogP contribution in [0.4, 0.5) is 0 Å². The van der Waals surface area contributed by atoms with Gasteiger partial charge >= 0.3 is 0 Å². The van der Waals surface area contributed by atoms with Crippen molar-refractivity contribution in [2.45, 2.75) is 25.1 Å². The van der Waals surface area contributed by atoms with E-state index in [1.165, 1.54) is 0 Å². The lowest BCUT2D eigenvalue weighted by Gasteiger charge is -2.09. The number of aliphatic hydroxyl groups excluding tert-OH is 1. The Kier molecular flexibility index (Phi) is 2.98. The summed E-state index contributed by atoms with van der Waals surface area (Å²) < 4.78 is 0. The molecule has 1 fully saturated rings. The first-order valence-corrected chi connectivity index (χ1v) is 4.93. The fourth-order valence-electron chi connectivity index (χ4n) is 1.61. The van der Waals surface area contributed by atoms with Gasteiger partial charge in [0.05, 0.1) is 24.4 Å². The number of hydrogen-bond donors (Lipinski definition) is 4. The van der Waals surface area contributed by atoms with Crippen molar-refractivity contribution in [3.05, 3.63) is 18.0 Å². The highest BCUT2D eigenvalue weighted by molar-refractivity contribution is 5.82. The maximum absolute atomic E-state index is 11.6. The van der Waals surface area contributed by atoms with Crippen LogP contribution in [0.25, 0.3) is 0 Å². The number of nitrogens with zero attached hydrogens (tertiary/aromatic N) is 1. The minimum atomic E-state index is -0.409. The highest BCUT2D eigenvalue weighted by atomic mass is 16.3. The van der Waals surface area contributed by atoms with Crippen LogP contribution in [0.5, 0.6) is 0 Å². The number of carbonyl (C=O) groups is 1. The Morgan fingerprint density at radius 3 is 3.20 bits per heavy atom. The van der Waals surface area contributed by atoms with Crippen LogP contribution in [-0.4, -0.2) is 39.9 Å². The first-order valence-electron chi connectivity index (χ1n) is 4.93. The van der Waals surface area contributed by atoms with Crippen molar-refractivity contribution in [1.29, 1.82) is 0 Å². The molecule has 1 aromatic heterocycles. The number of rotatable bonds is 3. The zero-order valence-electron chi connectivity index (χ0n) is 8.23. The summed E-state index contributed by atoms with van der Waals surface area (Å²) in [5, 5.41) is 21.5. The van der Waals surface area contributed by atoms with Gasteiger partial charge < -0.3 is 15.7 Å². The first-order chi connectivity index (χ1) is 7.25. The number of H-pyrrole nitrogens is 1. The van der Waals surface area contributed by atoms with E-state index in [0.29, 0.717) is 19.5 Å². The molecule has 4 N–H and O–H groups in total. The predicted octanol–water partition coefficient (Wildman–Crippen LogP) is -1.25. The zero-order chi connectivity index (χ0) is 10.7. The van der Waals surface area contributed by atoms with Crippen LogP contribution >= 0.6 is 0 Å². The van der Waals surface area contributed by atoms with E-state index in [4.69, 9.17) is 0 Å². The van der Waals surface area contributed by atoms with Gasteiger partial charge in [-0.15, -0.1) is 0 Å². The number of aromatic nitrogens is 2. The average molecular weight is 210 g/mol. The number of carbonyl (C=O) groups excluding carboxylic acids is 1. The van der Waals surface area contributed by atoms with E-state index in [9.17, 15) is 9.90 Å². The Morgan fingerprint density at radius 2 is 2.60 bits per heavy atom. The van der Waals surface area contributed by atoms with E-state index in [1.807, 2.05) is 0 Å². The molecule has 2 atom stereocenters. The molecule has 0 radical (unpaired) electrons. The van der Waals surface area contributed by atoms with Crippen LogP contribution < -0.4 is 10.6 Å². The standard InChI is InChI=1S/C9H14N4O2/c14-7-3-8(10-5-7)9(15)11-4-6-1-2-12-13-6/h1-2,7-8,10,14H,3-5H2,(H,11,15)(H,12,13). The Balaban J connectivity index is 1.78. The molecular weight excluding hydrogens is 196 g/mol. The number of aliphatic hydroxyl groups is 1. The Hall–Kier alpha value is -1.40. The third-order valence-electron chi connectivity index (χ3n) is 2.44. The van der Waals surface area contributed by atoms with Gasteiger partial charge in [0.15, 0.2) is 0 Å². The Bertz CT molecular complexity index is 325. The summed E-state index contributed by atoms with van der Waals surface area (Å²) in [7, 11) is 0. The summed E-state index contributed by atoms with van der Waals surface area (Å²) in [4.78, 5) is 11.6. The third kappa shape index (κ3) is 2.54. The highest BCUT2D eigenvalue weighted by Crippen LogP contribution is 2.06. The van der Waals surface area contributed by atoms with Gasteiger partial charge in [-0.1, -0.05) is 0 Å². The van der Waals surface area contributed by atoms with Gasteiger partial charge in [0.2, 0.25) is 5.91 Å². The lowest BCUT2D eigenvalue weighted by molar-refractivity contribution is -0.123. The largest absolute Gasteiger partial charge is 0.392 e. The fraction of sp³-hybridized carbons (Fsp3) is 0.556. The van der Waals surface area contributed by atoms with Crippen molar-refractivity contribution >= 4 is 5.91 Å².